The van der Waals surface area contributed by atoms with Gasteiger partial charge in [-0.1, -0.05) is 98.8 Å². The van der Waals surface area contributed by atoms with E-state index in [1.54, 1.807) is 0 Å². The van der Waals surface area contributed by atoms with Gasteiger partial charge in [0.25, 0.3) is 0 Å². The molecule has 2 heteroatoms. The van der Waals surface area contributed by atoms with E-state index in [0.717, 1.165) is 6.54 Å². The number of hydrogen-bond acceptors (Lipinski definition) is 1. The van der Waals surface area contributed by atoms with Gasteiger partial charge in [0.05, 0.1) is 5.39 Å². The minimum atomic E-state index is -0.0179. The molecule has 1 aliphatic heterocycles. The summed E-state index contributed by atoms with van der Waals surface area (Å²) in [6.07, 6.45) is 8.94. The molecule has 6 rings (SSSR count). The normalized spacial score (nSPS) is 15.9. The molecule has 2 nitrogen and oxygen atoms in total. The molecular formula is C34H31N2+. The number of likely N-dealkylation sites (N-methyl/N-ethyl adjacent to an activating group) is 1. The number of benzene rings is 4. The highest BCUT2D eigenvalue weighted by atomic mass is 15.2. The second-order valence-corrected chi connectivity index (χ2v) is 10.2. The molecule has 0 saturated carbocycles. The van der Waals surface area contributed by atoms with Crippen molar-refractivity contribution >= 4 is 33.4 Å². The van der Waals surface area contributed by atoms with Gasteiger partial charge in [0.1, 0.15) is 0 Å². The van der Waals surface area contributed by atoms with E-state index in [0.29, 0.717) is 0 Å². The van der Waals surface area contributed by atoms with Crippen LogP contribution in [-0.4, -0.2) is 7.05 Å². The number of rotatable bonds is 4. The average Bonchev–Trinajstić information content (AvgIpc) is 3.10. The second-order valence-electron chi connectivity index (χ2n) is 10.2. The summed E-state index contributed by atoms with van der Waals surface area (Å²) in [6.45, 7) is 5.46. The quantitative estimate of drug-likeness (QED) is 0.246. The molecule has 0 amide bonds. The molecule has 0 radical (unpaired) electrons. The van der Waals surface area contributed by atoms with Crippen LogP contribution in [0.2, 0.25) is 0 Å². The molecule has 2 heterocycles. The third-order valence-corrected chi connectivity index (χ3v) is 7.65. The monoisotopic (exact) mass is 467 g/mol. The van der Waals surface area contributed by atoms with E-state index in [2.05, 4.69) is 152 Å². The summed E-state index contributed by atoms with van der Waals surface area (Å²) in [7, 11) is 2.17. The number of nitrogens with zero attached hydrogens (tertiary/aromatic N) is 2. The maximum atomic E-state index is 2.36. The standard InChI is InChI=1S/C34H31N2/c1-34(2)30-18-7-9-20-32(30)35(3)33(34)21-11-14-26-22-23-36(31-19-8-6-17-29(26)31)24-27-15-10-13-25-12-4-5-16-28(25)27/h4-23H,24H2,1-3H3/q+1. The molecule has 0 N–H and O–H groups in total. The predicted octanol–water partition coefficient (Wildman–Crippen LogP) is 7.65. The van der Waals surface area contributed by atoms with Gasteiger partial charge in [-0.2, -0.15) is 4.57 Å². The second kappa shape index (κ2) is 8.80. The molecule has 1 aliphatic rings. The molecule has 0 unspecified atom stereocenters. The van der Waals surface area contributed by atoms with Gasteiger partial charge >= 0.3 is 0 Å². The number of para-hydroxylation sites is 2. The average molecular weight is 468 g/mol. The molecular weight excluding hydrogens is 436 g/mol. The lowest BCUT2D eigenvalue weighted by atomic mass is 9.84. The van der Waals surface area contributed by atoms with Crippen LogP contribution in [0.25, 0.3) is 27.8 Å². The van der Waals surface area contributed by atoms with Gasteiger partial charge in [-0.15, -0.1) is 0 Å². The van der Waals surface area contributed by atoms with E-state index < -0.39 is 0 Å². The highest BCUT2D eigenvalue weighted by Gasteiger charge is 2.37. The Bertz CT molecular complexity index is 1650. The van der Waals surface area contributed by atoms with Gasteiger partial charge < -0.3 is 4.90 Å². The topological polar surface area (TPSA) is 7.12 Å². The lowest BCUT2D eigenvalue weighted by Crippen LogP contribution is -2.35. The summed E-state index contributed by atoms with van der Waals surface area (Å²) in [6, 6.07) is 34.9. The van der Waals surface area contributed by atoms with E-state index >= 15 is 0 Å². The molecule has 0 fully saturated rings. The Kier molecular flexibility index (Phi) is 5.45. The summed E-state index contributed by atoms with van der Waals surface area (Å²) in [4.78, 5) is 2.32. The predicted molar refractivity (Wildman–Crippen MR) is 152 cm³/mol. The zero-order chi connectivity index (χ0) is 24.7. The van der Waals surface area contributed by atoms with Crippen molar-refractivity contribution < 1.29 is 4.57 Å². The van der Waals surface area contributed by atoms with Crippen LogP contribution in [0.3, 0.4) is 0 Å². The highest BCUT2D eigenvalue weighted by molar-refractivity contribution is 5.87. The number of aromatic nitrogens is 1. The maximum Gasteiger partial charge on any atom is 0.213 e. The molecule has 0 bridgehead atoms. The molecule has 1 aromatic heterocycles. The van der Waals surface area contributed by atoms with Crippen LogP contribution >= 0.6 is 0 Å². The van der Waals surface area contributed by atoms with Crippen LogP contribution in [0.15, 0.2) is 121 Å². The Labute approximate surface area is 213 Å². The first-order valence-electron chi connectivity index (χ1n) is 12.6. The summed E-state index contributed by atoms with van der Waals surface area (Å²) in [5, 5.41) is 3.86. The fourth-order valence-corrected chi connectivity index (χ4v) is 5.75. The third-order valence-electron chi connectivity index (χ3n) is 7.65. The summed E-state index contributed by atoms with van der Waals surface area (Å²) in [5.41, 5.74) is 7.77. The fourth-order valence-electron chi connectivity index (χ4n) is 5.75. The van der Waals surface area contributed by atoms with Crippen LogP contribution < -0.4 is 9.47 Å². The molecule has 36 heavy (non-hydrogen) atoms. The number of pyridine rings is 1. The van der Waals surface area contributed by atoms with Crippen LogP contribution in [0.4, 0.5) is 5.69 Å². The van der Waals surface area contributed by atoms with Crippen LogP contribution in [0.5, 0.6) is 0 Å². The summed E-state index contributed by atoms with van der Waals surface area (Å²) < 4.78 is 2.36. The Morgan fingerprint density at radius 1 is 0.778 bits per heavy atom. The van der Waals surface area contributed by atoms with Crippen molar-refractivity contribution in [1.29, 1.82) is 0 Å². The molecule has 0 atom stereocenters. The van der Waals surface area contributed by atoms with Crippen molar-refractivity contribution in [2.75, 3.05) is 11.9 Å². The molecule has 0 aliphatic carbocycles. The van der Waals surface area contributed by atoms with Gasteiger partial charge in [-0.3, -0.25) is 0 Å². The molecule has 5 aromatic rings. The van der Waals surface area contributed by atoms with E-state index in [4.69, 9.17) is 0 Å². The van der Waals surface area contributed by atoms with E-state index in [-0.39, 0.29) is 5.41 Å². The fraction of sp³-hybridized carbons (Fsp3) is 0.147. The zero-order valence-electron chi connectivity index (χ0n) is 21.1. The maximum absolute atomic E-state index is 2.36. The smallest absolute Gasteiger partial charge is 0.213 e. The van der Waals surface area contributed by atoms with Crippen molar-refractivity contribution in [1.82, 2.24) is 0 Å². The van der Waals surface area contributed by atoms with Crippen molar-refractivity contribution in [2.45, 2.75) is 25.8 Å². The third kappa shape index (κ3) is 3.70. The lowest BCUT2D eigenvalue weighted by Gasteiger charge is -2.23. The lowest BCUT2D eigenvalue weighted by molar-refractivity contribution is -0.662. The SMILES string of the molecule is CN1/C(=C/C=C/c2cc[n+](Cc3cccc4ccccc34)c3ccccc23)C(C)(C)c2ccccc21. The van der Waals surface area contributed by atoms with Gasteiger partial charge in [-0.05, 0) is 40.1 Å². The summed E-state index contributed by atoms with van der Waals surface area (Å²) >= 11 is 0. The first-order chi connectivity index (χ1) is 17.5. The number of hydrogen-bond donors (Lipinski definition) is 0. The van der Waals surface area contributed by atoms with Crippen molar-refractivity contribution in [3.05, 3.63) is 138 Å². The minimum absolute atomic E-state index is 0.0179. The van der Waals surface area contributed by atoms with Crippen LogP contribution in [-0.2, 0) is 12.0 Å². The minimum Gasteiger partial charge on any atom is -0.347 e. The zero-order valence-corrected chi connectivity index (χ0v) is 21.1. The van der Waals surface area contributed by atoms with Crippen molar-refractivity contribution in [3.8, 4) is 0 Å². The van der Waals surface area contributed by atoms with Gasteiger partial charge in [0, 0.05) is 41.5 Å². The molecule has 0 saturated heterocycles. The number of anilines is 1. The van der Waals surface area contributed by atoms with Crippen molar-refractivity contribution in [3.63, 3.8) is 0 Å². The first kappa shape index (κ1) is 22.3. The Balaban J connectivity index is 1.35. The first-order valence-corrected chi connectivity index (χ1v) is 12.6. The summed E-state index contributed by atoms with van der Waals surface area (Å²) in [5.74, 6) is 0. The van der Waals surface area contributed by atoms with Crippen molar-refractivity contribution in [2.24, 2.45) is 0 Å². The van der Waals surface area contributed by atoms with Gasteiger partial charge in [0.15, 0.2) is 12.7 Å². The Morgan fingerprint density at radius 3 is 2.36 bits per heavy atom. The van der Waals surface area contributed by atoms with E-state index in [1.807, 2.05) is 0 Å². The largest absolute Gasteiger partial charge is 0.347 e. The number of allylic oxidation sites excluding steroid dienone is 3. The van der Waals surface area contributed by atoms with Crippen LogP contribution in [0.1, 0.15) is 30.5 Å². The molecule has 176 valence electrons. The Hall–Kier alpha value is -4.17. The van der Waals surface area contributed by atoms with E-state index in [1.165, 1.54) is 49.8 Å². The Morgan fingerprint density at radius 2 is 1.50 bits per heavy atom. The number of fused-ring (bicyclic) bond motifs is 3. The van der Waals surface area contributed by atoms with Gasteiger partial charge in [0.2, 0.25) is 5.52 Å². The van der Waals surface area contributed by atoms with Gasteiger partial charge in [-0.25, -0.2) is 0 Å². The van der Waals surface area contributed by atoms with Crippen LogP contribution in [0, 0.1) is 0 Å². The molecule has 4 aromatic carbocycles. The molecule has 0 spiro atoms. The van der Waals surface area contributed by atoms with E-state index in [9.17, 15) is 0 Å². The highest BCUT2D eigenvalue weighted by Crippen LogP contribution is 2.46.